The smallest absolute Gasteiger partial charge is 0.136 e. The molecule has 0 aromatic carbocycles. The summed E-state index contributed by atoms with van der Waals surface area (Å²) in [6.45, 7) is 4.66. The van der Waals surface area contributed by atoms with Gasteiger partial charge in [0.25, 0.3) is 0 Å². The van der Waals surface area contributed by atoms with Gasteiger partial charge < -0.3 is 10.1 Å². The molecule has 0 saturated heterocycles. The van der Waals surface area contributed by atoms with Crippen LogP contribution in [0, 0.1) is 0 Å². The fraction of sp³-hybridized carbons (Fsp3) is 0.800. The van der Waals surface area contributed by atoms with Crippen LogP contribution < -0.4 is 5.32 Å². The minimum absolute atomic E-state index is 0.0185. The van der Waals surface area contributed by atoms with Crippen molar-refractivity contribution < 1.29 is 4.79 Å². The van der Waals surface area contributed by atoms with Gasteiger partial charge in [-0.25, -0.2) is 0 Å². The molecule has 1 N–H and O–H groups in total. The molecule has 0 amide bonds. The van der Waals surface area contributed by atoms with Crippen LogP contribution in [0.15, 0.2) is 0 Å². The molecular weight excluding hydrogens is 90.1 g/mol. The van der Waals surface area contributed by atoms with Gasteiger partial charge in [-0.05, 0) is 13.5 Å². The summed E-state index contributed by atoms with van der Waals surface area (Å²) >= 11 is 0. The normalized spacial score (nSPS) is 13.4. The van der Waals surface area contributed by atoms with Crippen LogP contribution in [-0.4, -0.2) is 18.9 Å². The molecule has 0 heterocycles. The molecule has 0 radical (unpaired) electrons. The van der Waals surface area contributed by atoms with Crippen LogP contribution in [0.25, 0.3) is 0 Å². The molecule has 0 spiro atoms. The summed E-state index contributed by atoms with van der Waals surface area (Å²) in [5.41, 5.74) is 0. The molecule has 0 rings (SSSR count). The van der Waals surface area contributed by atoms with Gasteiger partial charge in [0.15, 0.2) is 0 Å². The maximum atomic E-state index is 9.83. The Morgan fingerprint density at radius 1 is 1.86 bits per heavy atom. The number of hydrogen-bond donors (Lipinski definition) is 1. The highest BCUT2D eigenvalue weighted by Gasteiger charge is 1.90. The Morgan fingerprint density at radius 3 is 2.57 bits per heavy atom. The van der Waals surface area contributed by atoms with Crippen LogP contribution in [0.1, 0.15) is 13.8 Å². The first-order valence-electron chi connectivity index (χ1n) is 2.50. The van der Waals surface area contributed by atoms with Crippen molar-refractivity contribution in [2.45, 2.75) is 19.9 Å². The Labute approximate surface area is 43.9 Å². The Balaban J connectivity index is 2.98. The largest absolute Gasteiger partial charge is 0.308 e. The molecule has 2 nitrogen and oxygen atoms in total. The van der Waals surface area contributed by atoms with Crippen molar-refractivity contribution >= 4 is 6.29 Å². The summed E-state index contributed by atoms with van der Waals surface area (Å²) in [7, 11) is 0. The number of rotatable bonds is 3. The van der Waals surface area contributed by atoms with Crippen LogP contribution in [0.2, 0.25) is 0 Å². The van der Waals surface area contributed by atoms with Crippen molar-refractivity contribution in [3.8, 4) is 0 Å². The number of hydrogen-bond acceptors (Lipinski definition) is 2. The van der Waals surface area contributed by atoms with E-state index in [4.69, 9.17) is 0 Å². The van der Waals surface area contributed by atoms with Crippen molar-refractivity contribution in [1.29, 1.82) is 0 Å². The summed E-state index contributed by atoms with van der Waals surface area (Å²) in [4.78, 5) is 9.83. The predicted molar refractivity (Wildman–Crippen MR) is 29.2 cm³/mol. The zero-order chi connectivity index (χ0) is 5.70. The molecule has 0 aliphatic rings. The van der Waals surface area contributed by atoms with Gasteiger partial charge in [-0.1, -0.05) is 6.92 Å². The summed E-state index contributed by atoms with van der Waals surface area (Å²) in [6.07, 6.45) is 0.892. The van der Waals surface area contributed by atoms with Gasteiger partial charge >= 0.3 is 0 Å². The average Bonchev–Trinajstić information content (AvgIpc) is 1.68. The van der Waals surface area contributed by atoms with Gasteiger partial charge in [0, 0.05) is 0 Å². The molecule has 1 atom stereocenters. The lowest BCUT2D eigenvalue weighted by Gasteiger charge is -1.99. The first-order valence-corrected chi connectivity index (χ1v) is 2.50. The first kappa shape index (κ1) is 6.63. The van der Waals surface area contributed by atoms with Crippen LogP contribution in [-0.2, 0) is 4.79 Å². The number of likely N-dealkylation sites (N-methyl/N-ethyl adjacent to an activating group) is 1. The monoisotopic (exact) mass is 101 g/mol. The third-order valence-electron chi connectivity index (χ3n) is 0.730. The summed E-state index contributed by atoms with van der Waals surface area (Å²) in [5.74, 6) is 0. The van der Waals surface area contributed by atoms with Crippen molar-refractivity contribution in [3.05, 3.63) is 0 Å². The van der Waals surface area contributed by atoms with E-state index in [0.29, 0.717) is 0 Å². The molecule has 0 aromatic rings. The molecule has 0 bridgehead atoms. The molecule has 0 fully saturated rings. The standard InChI is InChI=1S/C5H11NO/c1-3-6-5(2)4-7/h4-6H,3H2,1-2H3/t5-/m1/s1. The van der Waals surface area contributed by atoms with Gasteiger partial charge in [-0.15, -0.1) is 0 Å². The van der Waals surface area contributed by atoms with Crippen molar-refractivity contribution in [2.75, 3.05) is 6.54 Å². The third kappa shape index (κ3) is 3.46. The molecule has 7 heavy (non-hydrogen) atoms. The van der Waals surface area contributed by atoms with Crippen LogP contribution in [0.5, 0.6) is 0 Å². The van der Waals surface area contributed by atoms with Crippen LogP contribution in [0.3, 0.4) is 0 Å². The number of aldehydes is 1. The Hall–Kier alpha value is -0.370. The maximum absolute atomic E-state index is 9.83. The molecule has 0 aliphatic heterocycles. The van der Waals surface area contributed by atoms with Gasteiger partial charge in [0.1, 0.15) is 6.29 Å². The number of carbonyl (C=O) groups excluding carboxylic acids is 1. The lowest BCUT2D eigenvalue weighted by Crippen LogP contribution is -2.26. The van der Waals surface area contributed by atoms with Crippen molar-refractivity contribution in [1.82, 2.24) is 5.32 Å². The fourth-order valence-corrected chi connectivity index (χ4v) is 0.370. The van der Waals surface area contributed by atoms with Gasteiger partial charge in [-0.2, -0.15) is 0 Å². The fourth-order valence-electron chi connectivity index (χ4n) is 0.370. The summed E-state index contributed by atoms with van der Waals surface area (Å²) in [5, 5.41) is 2.93. The third-order valence-corrected chi connectivity index (χ3v) is 0.730. The Kier molecular flexibility index (Phi) is 3.61. The van der Waals surface area contributed by atoms with E-state index in [9.17, 15) is 4.79 Å². The summed E-state index contributed by atoms with van der Waals surface area (Å²) in [6, 6.07) is 0.0185. The van der Waals surface area contributed by atoms with E-state index in [1.807, 2.05) is 13.8 Å². The molecule has 0 saturated carbocycles. The second-order valence-corrected chi connectivity index (χ2v) is 1.48. The number of carbonyl (C=O) groups is 1. The first-order chi connectivity index (χ1) is 3.31. The topological polar surface area (TPSA) is 29.1 Å². The lowest BCUT2D eigenvalue weighted by atomic mass is 10.4. The van der Waals surface area contributed by atoms with E-state index >= 15 is 0 Å². The second kappa shape index (κ2) is 3.81. The van der Waals surface area contributed by atoms with Crippen LogP contribution in [0.4, 0.5) is 0 Å². The zero-order valence-corrected chi connectivity index (χ0v) is 4.77. The minimum atomic E-state index is 0.0185. The predicted octanol–water partition coefficient (Wildman–Crippen LogP) is 0.183. The highest BCUT2D eigenvalue weighted by atomic mass is 16.1. The zero-order valence-electron chi connectivity index (χ0n) is 4.77. The molecular formula is C5H11NO. The van der Waals surface area contributed by atoms with Crippen LogP contribution >= 0.6 is 0 Å². The molecule has 2 heteroatoms. The quantitative estimate of drug-likeness (QED) is 0.514. The maximum Gasteiger partial charge on any atom is 0.136 e. The average molecular weight is 101 g/mol. The molecule has 0 unspecified atom stereocenters. The molecule has 0 aliphatic carbocycles. The lowest BCUT2D eigenvalue weighted by molar-refractivity contribution is -0.109. The van der Waals surface area contributed by atoms with Crippen molar-refractivity contribution in [2.24, 2.45) is 0 Å². The Morgan fingerprint density at radius 2 is 2.43 bits per heavy atom. The number of nitrogens with one attached hydrogen (secondary N) is 1. The van der Waals surface area contributed by atoms with Gasteiger partial charge in [-0.3, -0.25) is 0 Å². The van der Waals surface area contributed by atoms with E-state index in [1.165, 1.54) is 0 Å². The SMILES string of the molecule is CCN[C@H](C)C=O. The Bertz CT molecular complexity index is 54.0. The highest BCUT2D eigenvalue weighted by molar-refractivity contribution is 5.56. The minimum Gasteiger partial charge on any atom is -0.308 e. The second-order valence-electron chi connectivity index (χ2n) is 1.48. The highest BCUT2D eigenvalue weighted by Crippen LogP contribution is 1.68. The van der Waals surface area contributed by atoms with Gasteiger partial charge in [0.2, 0.25) is 0 Å². The van der Waals surface area contributed by atoms with Crippen molar-refractivity contribution in [3.63, 3.8) is 0 Å². The van der Waals surface area contributed by atoms with Gasteiger partial charge in [0.05, 0.1) is 6.04 Å². The molecule has 42 valence electrons. The van der Waals surface area contributed by atoms with E-state index in [0.717, 1.165) is 12.8 Å². The summed E-state index contributed by atoms with van der Waals surface area (Å²) < 4.78 is 0. The van der Waals surface area contributed by atoms with E-state index < -0.39 is 0 Å². The van der Waals surface area contributed by atoms with E-state index in [1.54, 1.807) is 0 Å². The molecule has 0 aromatic heterocycles. The van der Waals surface area contributed by atoms with E-state index in [2.05, 4.69) is 5.32 Å². The van der Waals surface area contributed by atoms with E-state index in [-0.39, 0.29) is 6.04 Å².